The smallest absolute Gasteiger partial charge is 0.338 e. The fraction of sp³-hybridized carbons (Fsp3) is 0.286. The summed E-state index contributed by atoms with van der Waals surface area (Å²) in [4.78, 5) is 35.5. The van der Waals surface area contributed by atoms with E-state index in [1.807, 2.05) is 13.8 Å². The lowest BCUT2D eigenvalue weighted by Crippen LogP contribution is -2.21. The molecule has 0 radical (unpaired) electrons. The molecular formula is C21H23NO7. The van der Waals surface area contributed by atoms with Crippen molar-refractivity contribution < 1.29 is 33.3 Å². The third-order valence-corrected chi connectivity index (χ3v) is 3.70. The van der Waals surface area contributed by atoms with Crippen LogP contribution < -0.4 is 14.8 Å². The van der Waals surface area contributed by atoms with E-state index < -0.39 is 24.5 Å². The maximum Gasteiger partial charge on any atom is 0.338 e. The monoisotopic (exact) mass is 401 g/mol. The largest absolute Gasteiger partial charge is 0.490 e. The van der Waals surface area contributed by atoms with Gasteiger partial charge in [-0.15, -0.1) is 0 Å². The van der Waals surface area contributed by atoms with E-state index in [4.69, 9.17) is 14.2 Å². The quantitative estimate of drug-likeness (QED) is 0.645. The van der Waals surface area contributed by atoms with Gasteiger partial charge in [-0.1, -0.05) is 0 Å². The topological polar surface area (TPSA) is 100 Å². The van der Waals surface area contributed by atoms with Crippen LogP contribution in [0.25, 0.3) is 0 Å². The maximum absolute atomic E-state index is 12.1. The van der Waals surface area contributed by atoms with Crippen LogP contribution in [0, 0.1) is 0 Å². The lowest BCUT2D eigenvalue weighted by atomic mass is 10.1. The van der Waals surface area contributed by atoms with E-state index in [1.54, 1.807) is 18.2 Å². The Labute approximate surface area is 168 Å². The highest BCUT2D eigenvalue weighted by Gasteiger charge is 2.13. The minimum atomic E-state index is -0.682. The van der Waals surface area contributed by atoms with E-state index in [1.165, 1.54) is 31.4 Å². The van der Waals surface area contributed by atoms with Crippen molar-refractivity contribution in [3.05, 3.63) is 53.6 Å². The summed E-state index contributed by atoms with van der Waals surface area (Å²) in [5.41, 5.74) is 1.01. The van der Waals surface area contributed by atoms with Gasteiger partial charge in [0.2, 0.25) is 0 Å². The first-order chi connectivity index (χ1) is 14.0. The lowest BCUT2D eigenvalue weighted by molar-refractivity contribution is -0.119. The van der Waals surface area contributed by atoms with Crippen molar-refractivity contribution in [3.8, 4) is 11.5 Å². The van der Waals surface area contributed by atoms with E-state index in [0.717, 1.165) is 0 Å². The van der Waals surface area contributed by atoms with Gasteiger partial charge in [-0.05, 0) is 50.2 Å². The average Bonchev–Trinajstić information content (AvgIpc) is 2.73. The summed E-state index contributed by atoms with van der Waals surface area (Å²) in [6.07, 6.45) is 0. The standard InChI is InChI=1S/C21H23NO7/c1-4-27-17-11-10-16(12-18(17)28-5-2)22-19(23)13-29-21(25)15-8-6-14(7-9-15)20(24)26-3/h6-12H,4-5,13H2,1-3H3,(H,22,23). The molecule has 0 saturated carbocycles. The van der Waals surface area contributed by atoms with Crippen LogP contribution in [0.2, 0.25) is 0 Å². The summed E-state index contributed by atoms with van der Waals surface area (Å²) in [5, 5.41) is 2.64. The fourth-order valence-corrected chi connectivity index (χ4v) is 2.40. The molecule has 2 aromatic rings. The van der Waals surface area contributed by atoms with Gasteiger partial charge in [-0.2, -0.15) is 0 Å². The molecule has 0 unspecified atom stereocenters. The van der Waals surface area contributed by atoms with E-state index in [0.29, 0.717) is 36.0 Å². The SMILES string of the molecule is CCOc1ccc(NC(=O)COC(=O)c2ccc(C(=O)OC)cc2)cc1OCC. The average molecular weight is 401 g/mol. The molecule has 0 fully saturated rings. The Kier molecular flexibility index (Phi) is 8.02. The summed E-state index contributed by atoms with van der Waals surface area (Å²) in [6, 6.07) is 10.7. The first-order valence-electron chi connectivity index (χ1n) is 9.03. The highest BCUT2D eigenvalue weighted by molar-refractivity contribution is 5.96. The van der Waals surface area contributed by atoms with E-state index >= 15 is 0 Å². The number of esters is 2. The van der Waals surface area contributed by atoms with Gasteiger partial charge in [0.1, 0.15) is 0 Å². The summed E-state index contributed by atoms with van der Waals surface area (Å²) < 4.78 is 20.6. The Morgan fingerprint density at radius 3 is 2.00 bits per heavy atom. The van der Waals surface area contributed by atoms with Gasteiger partial charge >= 0.3 is 11.9 Å². The van der Waals surface area contributed by atoms with Crippen LogP contribution in [-0.4, -0.2) is 44.8 Å². The summed E-state index contributed by atoms with van der Waals surface area (Å²) in [7, 11) is 1.27. The zero-order valence-electron chi connectivity index (χ0n) is 16.5. The van der Waals surface area contributed by atoms with Gasteiger partial charge in [-0.3, -0.25) is 4.79 Å². The molecule has 29 heavy (non-hydrogen) atoms. The van der Waals surface area contributed by atoms with Gasteiger partial charge in [-0.25, -0.2) is 9.59 Å². The van der Waals surface area contributed by atoms with E-state index in [2.05, 4.69) is 10.1 Å². The Morgan fingerprint density at radius 1 is 0.828 bits per heavy atom. The molecule has 0 spiro atoms. The summed E-state index contributed by atoms with van der Waals surface area (Å²) in [5.74, 6) is -0.607. The molecule has 2 rings (SSSR count). The van der Waals surface area contributed by atoms with Crippen molar-refractivity contribution in [1.82, 2.24) is 0 Å². The number of anilines is 1. The molecule has 0 atom stereocenters. The van der Waals surface area contributed by atoms with Gasteiger partial charge in [0.25, 0.3) is 5.91 Å². The molecule has 0 heterocycles. The molecule has 154 valence electrons. The zero-order chi connectivity index (χ0) is 21.2. The van der Waals surface area contributed by atoms with Crippen molar-refractivity contribution in [1.29, 1.82) is 0 Å². The van der Waals surface area contributed by atoms with Crippen molar-refractivity contribution in [2.24, 2.45) is 0 Å². The van der Waals surface area contributed by atoms with Crippen LogP contribution in [0.4, 0.5) is 5.69 Å². The molecule has 0 aliphatic carbocycles. The van der Waals surface area contributed by atoms with Gasteiger partial charge in [0.15, 0.2) is 18.1 Å². The minimum Gasteiger partial charge on any atom is -0.490 e. The van der Waals surface area contributed by atoms with Crippen molar-refractivity contribution in [2.75, 3.05) is 32.2 Å². The van der Waals surface area contributed by atoms with Gasteiger partial charge < -0.3 is 24.3 Å². The van der Waals surface area contributed by atoms with Crippen molar-refractivity contribution in [2.45, 2.75) is 13.8 Å². The molecule has 8 nitrogen and oxygen atoms in total. The molecule has 0 aromatic heterocycles. The number of rotatable bonds is 9. The molecule has 0 aliphatic heterocycles. The number of ether oxygens (including phenoxy) is 4. The predicted octanol–water partition coefficient (Wildman–Crippen LogP) is 3.07. The van der Waals surface area contributed by atoms with Crippen molar-refractivity contribution >= 4 is 23.5 Å². The Hall–Kier alpha value is -3.55. The molecule has 0 saturated heterocycles. The van der Waals surface area contributed by atoms with E-state index in [9.17, 15) is 14.4 Å². The third kappa shape index (κ3) is 6.24. The fourth-order valence-electron chi connectivity index (χ4n) is 2.40. The number of hydrogen-bond acceptors (Lipinski definition) is 7. The second-order valence-corrected chi connectivity index (χ2v) is 5.72. The normalized spacial score (nSPS) is 10.0. The second kappa shape index (κ2) is 10.7. The van der Waals surface area contributed by atoms with Crippen LogP contribution in [0.1, 0.15) is 34.6 Å². The van der Waals surface area contributed by atoms with E-state index in [-0.39, 0.29) is 5.56 Å². The second-order valence-electron chi connectivity index (χ2n) is 5.72. The van der Waals surface area contributed by atoms with Crippen LogP contribution in [0.5, 0.6) is 11.5 Å². The number of carbonyl (C=O) groups excluding carboxylic acids is 3. The molecule has 2 aromatic carbocycles. The first-order valence-corrected chi connectivity index (χ1v) is 9.03. The zero-order valence-corrected chi connectivity index (χ0v) is 16.5. The molecular weight excluding hydrogens is 378 g/mol. The molecule has 8 heteroatoms. The van der Waals surface area contributed by atoms with Crippen LogP contribution >= 0.6 is 0 Å². The van der Waals surface area contributed by atoms with Gasteiger partial charge in [0, 0.05) is 11.8 Å². The summed E-state index contributed by atoms with van der Waals surface area (Å²) in [6.45, 7) is 4.18. The summed E-state index contributed by atoms with van der Waals surface area (Å²) >= 11 is 0. The number of nitrogens with one attached hydrogen (secondary N) is 1. The van der Waals surface area contributed by atoms with Crippen molar-refractivity contribution in [3.63, 3.8) is 0 Å². The van der Waals surface area contributed by atoms with Gasteiger partial charge in [0.05, 0.1) is 31.5 Å². The molecule has 1 amide bonds. The molecule has 0 aliphatic rings. The molecule has 0 bridgehead atoms. The van der Waals surface area contributed by atoms with Crippen LogP contribution in [-0.2, 0) is 14.3 Å². The van der Waals surface area contributed by atoms with Crippen LogP contribution in [0.15, 0.2) is 42.5 Å². The highest BCUT2D eigenvalue weighted by atomic mass is 16.5. The number of amides is 1. The predicted molar refractivity (Wildman–Crippen MR) is 105 cm³/mol. The maximum atomic E-state index is 12.1. The number of hydrogen-bond donors (Lipinski definition) is 1. The number of benzene rings is 2. The Bertz CT molecular complexity index is 862. The third-order valence-electron chi connectivity index (χ3n) is 3.70. The number of carbonyl (C=O) groups is 3. The Balaban J connectivity index is 1.93. The molecule has 1 N–H and O–H groups in total. The lowest BCUT2D eigenvalue weighted by Gasteiger charge is -2.13. The highest BCUT2D eigenvalue weighted by Crippen LogP contribution is 2.30. The van der Waals surface area contributed by atoms with Crippen LogP contribution in [0.3, 0.4) is 0 Å². The first kappa shape index (κ1) is 21.7. The number of methoxy groups -OCH3 is 1. The Morgan fingerprint density at radius 2 is 1.41 bits per heavy atom. The minimum absolute atomic E-state index is 0.213.